The molecule has 3 nitrogen and oxygen atoms in total. The van der Waals surface area contributed by atoms with Crippen molar-refractivity contribution in [2.75, 3.05) is 26.2 Å². The Bertz CT molecular complexity index is 233. The van der Waals surface area contributed by atoms with E-state index in [1.807, 2.05) is 0 Å². The van der Waals surface area contributed by atoms with Gasteiger partial charge in [0, 0.05) is 25.7 Å². The molecule has 2 aliphatic heterocycles. The van der Waals surface area contributed by atoms with E-state index >= 15 is 0 Å². The van der Waals surface area contributed by atoms with Gasteiger partial charge in [-0.25, -0.2) is 0 Å². The van der Waals surface area contributed by atoms with Gasteiger partial charge >= 0.3 is 0 Å². The summed E-state index contributed by atoms with van der Waals surface area (Å²) in [6.45, 7) is 11.4. The van der Waals surface area contributed by atoms with E-state index in [-0.39, 0.29) is 0 Å². The highest BCUT2D eigenvalue weighted by molar-refractivity contribution is 4.88. The van der Waals surface area contributed by atoms with Crippen LogP contribution in [0.5, 0.6) is 0 Å². The van der Waals surface area contributed by atoms with Gasteiger partial charge in [-0.15, -0.1) is 0 Å². The molecular formula is C15H30N2O. The van der Waals surface area contributed by atoms with Crippen LogP contribution in [0, 0.1) is 5.92 Å². The maximum atomic E-state index is 5.94. The average molecular weight is 254 g/mol. The molecule has 0 spiro atoms. The quantitative estimate of drug-likeness (QED) is 0.754. The third-order valence-electron chi connectivity index (χ3n) is 4.14. The summed E-state index contributed by atoms with van der Waals surface area (Å²) >= 11 is 0. The Balaban J connectivity index is 1.80. The molecule has 2 heterocycles. The fourth-order valence-corrected chi connectivity index (χ4v) is 3.23. The number of hydrogen-bond acceptors (Lipinski definition) is 3. The minimum absolute atomic E-state index is 0.521. The lowest BCUT2D eigenvalue weighted by Gasteiger charge is -2.38. The van der Waals surface area contributed by atoms with Crippen molar-refractivity contribution in [2.45, 2.75) is 64.7 Å². The number of rotatable bonds is 7. The summed E-state index contributed by atoms with van der Waals surface area (Å²) in [7, 11) is 0. The number of nitrogens with zero attached hydrogens (tertiary/aromatic N) is 1. The van der Waals surface area contributed by atoms with Crippen molar-refractivity contribution >= 4 is 0 Å². The van der Waals surface area contributed by atoms with Gasteiger partial charge in [-0.2, -0.15) is 0 Å². The molecule has 2 saturated heterocycles. The zero-order valence-electron chi connectivity index (χ0n) is 12.3. The topological polar surface area (TPSA) is 24.5 Å². The molecule has 106 valence electrons. The van der Waals surface area contributed by atoms with Crippen LogP contribution in [0.2, 0.25) is 0 Å². The molecule has 0 radical (unpaired) electrons. The number of fused-ring (bicyclic) bond motifs is 2. The van der Waals surface area contributed by atoms with Crippen LogP contribution < -0.4 is 5.32 Å². The van der Waals surface area contributed by atoms with E-state index in [1.165, 1.54) is 25.7 Å². The molecule has 3 unspecified atom stereocenters. The number of ether oxygens (including phenoxy) is 1. The first-order valence-electron chi connectivity index (χ1n) is 7.79. The molecular weight excluding hydrogens is 224 g/mol. The molecule has 18 heavy (non-hydrogen) atoms. The predicted molar refractivity (Wildman–Crippen MR) is 75.9 cm³/mol. The van der Waals surface area contributed by atoms with Gasteiger partial charge in [0.1, 0.15) is 0 Å². The Kier molecular flexibility index (Phi) is 5.46. The third-order valence-corrected chi connectivity index (χ3v) is 4.14. The first-order valence-corrected chi connectivity index (χ1v) is 7.79. The Morgan fingerprint density at radius 1 is 1.17 bits per heavy atom. The molecule has 0 saturated carbocycles. The van der Waals surface area contributed by atoms with Gasteiger partial charge in [-0.1, -0.05) is 27.2 Å². The number of morpholine rings is 1. The lowest BCUT2D eigenvalue weighted by molar-refractivity contribution is -0.0536. The van der Waals surface area contributed by atoms with Crippen LogP contribution in [-0.4, -0.2) is 49.3 Å². The van der Waals surface area contributed by atoms with Gasteiger partial charge in [0.05, 0.1) is 12.2 Å². The first kappa shape index (κ1) is 14.3. The average Bonchev–Trinajstić information content (AvgIpc) is 2.67. The Morgan fingerprint density at radius 3 is 2.39 bits per heavy atom. The standard InChI is InChI=1S/C15H30N2O/c1-4-5-13(9-16-8-12(2)3)17-10-14-6-7-15(11-17)18-14/h12-16H,4-11H2,1-3H3. The van der Waals surface area contributed by atoms with Gasteiger partial charge in [0.25, 0.3) is 0 Å². The summed E-state index contributed by atoms with van der Waals surface area (Å²) in [5, 5.41) is 3.63. The Labute approximate surface area is 112 Å². The molecule has 0 aliphatic carbocycles. The largest absolute Gasteiger partial charge is 0.372 e. The maximum absolute atomic E-state index is 5.94. The molecule has 0 amide bonds. The van der Waals surface area contributed by atoms with Crippen LogP contribution in [0.3, 0.4) is 0 Å². The van der Waals surface area contributed by atoms with Crippen LogP contribution in [0.4, 0.5) is 0 Å². The fourth-order valence-electron chi connectivity index (χ4n) is 3.23. The van der Waals surface area contributed by atoms with E-state index in [2.05, 4.69) is 31.0 Å². The van der Waals surface area contributed by atoms with Gasteiger partial charge in [0.15, 0.2) is 0 Å². The smallest absolute Gasteiger partial charge is 0.0707 e. The van der Waals surface area contributed by atoms with Crippen LogP contribution in [0.1, 0.15) is 46.5 Å². The van der Waals surface area contributed by atoms with E-state index in [0.29, 0.717) is 18.2 Å². The van der Waals surface area contributed by atoms with Gasteiger partial charge in [0.2, 0.25) is 0 Å². The van der Waals surface area contributed by atoms with Crippen molar-refractivity contribution < 1.29 is 4.74 Å². The van der Waals surface area contributed by atoms with E-state index in [0.717, 1.165) is 32.1 Å². The molecule has 2 rings (SSSR count). The van der Waals surface area contributed by atoms with Crippen molar-refractivity contribution in [1.29, 1.82) is 0 Å². The van der Waals surface area contributed by atoms with Crippen molar-refractivity contribution in [3.63, 3.8) is 0 Å². The molecule has 0 aromatic rings. The number of nitrogens with one attached hydrogen (secondary N) is 1. The highest BCUT2D eigenvalue weighted by atomic mass is 16.5. The monoisotopic (exact) mass is 254 g/mol. The van der Waals surface area contributed by atoms with E-state index in [1.54, 1.807) is 0 Å². The highest BCUT2D eigenvalue weighted by Gasteiger charge is 2.35. The zero-order chi connectivity index (χ0) is 13.0. The molecule has 3 heteroatoms. The second-order valence-corrected chi connectivity index (χ2v) is 6.41. The molecule has 2 fully saturated rings. The molecule has 0 aromatic carbocycles. The Hall–Kier alpha value is -0.120. The van der Waals surface area contributed by atoms with Crippen molar-refractivity contribution in [2.24, 2.45) is 5.92 Å². The van der Waals surface area contributed by atoms with Crippen molar-refractivity contribution in [1.82, 2.24) is 10.2 Å². The zero-order valence-corrected chi connectivity index (χ0v) is 12.3. The molecule has 1 N–H and O–H groups in total. The van der Waals surface area contributed by atoms with Gasteiger partial charge in [-0.05, 0) is 31.7 Å². The molecule has 2 bridgehead atoms. The van der Waals surface area contributed by atoms with Crippen LogP contribution in [0.15, 0.2) is 0 Å². The van der Waals surface area contributed by atoms with Crippen LogP contribution >= 0.6 is 0 Å². The van der Waals surface area contributed by atoms with Crippen molar-refractivity contribution in [3.8, 4) is 0 Å². The summed E-state index contributed by atoms with van der Waals surface area (Å²) in [5.41, 5.74) is 0. The SMILES string of the molecule is CCCC(CNCC(C)C)N1CC2CCC(C1)O2. The van der Waals surface area contributed by atoms with Gasteiger partial charge in [-0.3, -0.25) is 4.90 Å². The lowest BCUT2D eigenvalue weighted by Crippen LogP contribution is -2.51. The lowest BCUT2D eigenvalue weighted by atomic mass is 10.1. The summed E-state index contributed by atoms with van der Waals surface area (Å²) in [4.78, 5) is 2.68. The first-order chi connectivity index (χ1) is 8.69. The second-order valence-electron chi connectivity index (χ2n) is 6.41. The minimum atomic E-state index is 0.521. The van der Waals surface area contributed by atoms with E-state index in [9.17, 15) is 0 Å². The molecule has 0 aromatic heterocycles. The summed E-state index contributed by atoms with van der Waals surface area (Å²) in [6, 6.07) is 0.709. The molecule has 2 aliphatic rings. The minimum Gasteiger partial charge on any atom is -0.372 e. The highest BCUT2D eigenvalue weighted by Crippen LogP contribution is 2.28. The maximum Gasteiger partial charge on any atom is 0.0707 e. The fraction of sp³-hybridized carbons (Fsp3) is 1.00. The predicted octanol–water partition coefficient (Wildman–Crippen LogP) is 2.26. The van der Waals surface area contributed by atoms with E-state index in [4.69, 9.17) is 4.74 Å². The Morgan fingerprint density at radius 2 is 1.83 bits per heavy atom. The van der Waals surface area contributed by atoms with Crippen molar-refractivity contribution in [3.05, 3.63) is 0 Å². The van der Waals surface area contributed by atoms with Crippen LogP contribution in [0.25, 0.3) is 0 Å². The summed E-state index contributed by atoms with van der Waals surface area (Å²) in [5.74, 6) is 0.744. The normalized spacial score (nSPS) is 30.0. The summed E-state index contributed by atoms with van der Waals surface area (Å²) < 4.78 is 5.94. The van der Waals surface area contributed by atoms with Gasteiger partial charge < -0.3 is 10.1 Å². The molecule has 3 atom stereocenters. The van der Waals surface area contributed by atoms with E-state index < -0.39 is 0 Å². The van der Waals surface area contributed by atoms with Crippen LogP contribution in [-0.2, 0) is 4.74 Å². The summed E-state index contributed by atoms with van der Waals surface area (Å²) in [6.07, 6.45) is 6.19. The number of likely N-dealkylation sites (tertiary alicyclic amines) is 1. The second kappa shape index (κ2) is 6.88. The number of hydrogen-bond donors (Lipinski definition) is 1. The third kappa shape index (κ3) is 3.94.